The molecule has 0 atom stereocenters. The van der Waals surface area contributed by atoms with Gasteiger partial charge < -0.3 is 10.8 Å². The van der Waals surface area contributed by atoms with Gasteiger partial charge in [-0.05, 0) is 24.5 Å². The lowest BCUT2D eigenvalue weighted by Crippen LogP contribution is -2.07. The molecule has 14 heavy (non-hydrogen) atoms. The zero-order valence-corrected chi connectivity index (χ0v) is 7.90. The summed E-state index contributed by atoms with van der Waals surface area (Å²) in [6, 6.07) is 9.74. The molecule has 72 valence electrons. The summed E-state index contributed by atoms with van der Waals surface area (Å²) in [5, 5.41) is 9.72. The highest BCUT2D eigenvalue weighted by Gasteiger charge is 2.14. The van der Waals surface area contributed by atoms with Gasteiger partial charge in [0.2, 0.25) is 0 Å². The Morgan fingerprint density at radius 2 is 1.86 bits per heavy atom. The van der Waals surface area contributed by atoms with Crippen LogP contribution in [0.2, 0.25) is 0 Å². The average molecular weight is 187 g/mol. The largest absolute Gasteiger partial charge is 0.508 e. The molecule has 2 rings (SSSR count). The van der Waals surface area contributed by atoms with Gasteiger partial charge in [0, 0.05) is 11.3 Å². The van der Waals surface area contributed by atoms with Gasteiger partial charge in [0.1, 0.15) is 5.76 Å². The van der Waals surface area contributed by atoms with E-state index in [4.69, 9.17) is 5.73 Å². The summed E-state index contributed by atoms with van der Waals surface area (Å²) < 4.78 is 0. The van der Waals surface area contributed by atoms with Crippen LogP contribution in [0.25, 0.3) is 5.57 Å². The molecule has 0 unspecified atom stereocenters. The van der Waals surface area contributed by atoms with E-state index in [2.05, 4.69) is 0 Å². The van der Waals surface area contributed by atoms with Crippen molar-refractivity contribution in [2.24, 2.45) is 5.73 Å². The molecule has 1 aromatic carbocycles. The maximum absolute atomic E-state index is 9.72. The van der Waals surface area contributed by atoms with Gasteiger partial charge in [-0.15, -0.1) is 0 Å². The van der Waals surface area contributed by atoms with E-state index in [0.29, 0.717) is 5.76 Å². The molecular formula is C12H13NO. The minimum absolute atomic E-state index is 0.306. The number of allylic oxidation sites excluding steroid dienone is 3. The Morgan fingerprint density at radius 1 is 1.14 bits per heavy atom. The molecule has 0 bridgehead atoms. The van der Waals surface area contributed by atoms with E-state index in [1.165, 1.54) is 0 Å². The van der Waals surface area contributed by atoms with E-state index in [1.54, 1.807) is 0 Å². The SMILES string of the molecule is NC1=C(c2ccccc2)C(O)=CCC1. The molecule has 0 radical (unpaired) electrons. The Hall–Kier alpha value is -1.70. The Kier molecular flexibility index (Phi) is 2.27. The summed E-state index contributed by atoms with van der Waals surface area (Å²) in [5.74, 6) is 0.306. The molecule has 0 saturated heterocycles. The first-order valence-corrected chi connectivity index (χ1v) is 4.72. The molecule has 0 heterocycles. The van der Waals surface area contributed by atoms with Crippen molar-refractivity contribution in [2.75, 3.05) is 0 Å². The second-order valence-electron chi connectivity index (χ2n) is 3.39. The molecule has 2 heteroatoms. The Labute approximate surface area is 83.4 Å². The van der Waals surface area contributed by atoms with Crippen LogP contribution < -0.4 is 5.73 Å². The van der Waals surface area contributed by atoms with Gasteiger partial charge in [-0.3, -0.25) is 0 Å². The summed E-state index contributed by atoms with van der Waals surface area (Å²) >= 11 is 0. The quantitative estimate of drug-likeness (QED) is 0.709. The van der Waals surface area contributed by atoms with Crippen molar-refractivity contribution in [1.29, 1.82) is 0 Å². The van der Waals surface area contributed by atoms with Crippen molar-refractivity contribution >= 4 is 5.57 Å². The maximum atomic E-state index is 9.72. The van der Waals surface area contributed by atoms with Gasteiger partial charge in [-0.1, -0.05) is 30.3 Å². The lowest BCUT2D eigenvalue weighted by Gasteiger charge is -2.15. The van der Waals surface area contributed by atoms with E-state index in [9.17, 15) is 5.11 Å². The summed E-state index contributed by atoms with van der Waals surface area (Å²) in [5.41, 5.74) is 8.43. The standard InChI is InChI=1S/C12H13NO/c13-10-7-4-8-11(14)12(10)9-5-2-1-3-6-9/h1-3,5-6,8,14H,4,7,13H2. The van der Waals surface area contributed by atoms with Gasteiger partial charge in [0.15, 0.2) is 0 Å². The maximum Gasteiger partial charge on any atom is 0.121 e. The van der Waals surface area contributed by atoms with Crippen LogP contribution in [0.1, 0.15) is 18.4 Å². The number of benzene rings is 1. The van der Waals surface area contributed by atoms with Gasteiger partial charge in [0.25, 0.3) is 0 Å². The third-order valence-corrected chi connectivity index (χ3v) is 2.39. The van der Waals surface area contributed by atoms with E-state index in [-0.39, 0.29) is 0 Å². The number of aliphatic hydroxyl groups is 1. The molecule has 0 amide bonds. The lowest BCUT2D eigenvalue weighted by atomic mass is 9.95. The van der Waals surface area contributed by atoms with Crippen LogP contribution in [-0.2, 0) is 0 Å². The Balaban J connectivity index is 2.48. The second-order valence-corrected chi connectivity index (χ2v) is 3.39. The van der Waals surface area contributed by atoms with Crippen molar-refractivity contribution in [2.45, 2.75) is 12.8 Å². The van der Waals surface area contributed by atoms with E-state index >= 15 is 0 Å². The fraction of sp³-hybridized carbons (Fsp3) is 0.167. The third-order valence-electron chi connectivity index (χ3n) is 2.39. The highest BCUT2D eigenvalue weighted by atomic mass is 16.3. The Morgan fingerprint density at radius 3 is 2.50 bits per heavy atom. The number of nitrogens with two attached hydrogens (primary N) is 1. The van der Waals surface area contributed by atoms with Crippen LogP contribution in [0.3, 0.4) is 0 Å². The van der Waals surface area contributed by atoms with Gasteiger partial charge in [0.05, 0.1) is 0 Å². The fourth-order valence-corrected chi connectivity index (χ4v) is 1.69. The smallest absolute Gasteiger partial charge is 0.121 e. The minimum atomic E-state index is 0.306. The van der Waals surface area contributed by atoms with Crippen LogP contribution in [0.15, 0.2) is 47.9 Å². The van der Waals surface area contributed by atoms with Gasteiger partial charge in [-0.2, -0.15) is 0 Å². The molecule has 1 aromatic rings. The summed E-state index contributed by atoms with van der Waals surface area (Å²) in [7, 11) is 0. The lowest BCUT2D eigenvalue weighted by molar-refractivity contribution is 0.431. The molecule has 1 aliphatic rings. The molecule has 1 aliphatic carbocycles. The minimum Gasteiger partial charge on any atom is -0.508 e. The van der Waals surface area contributed by atoms with Crippen LogP contribution >= 0.6 is 0 Å². The van der Waals surface area contributed by atoms with Crippen molar-refractivity contribution in [1.82, 2.24) is 0 Å². The molecule has 2 nitrogen and oxygen atoms in total. The second kappa shape index (κ2) is 3.58. The zero-order chi connectivity index (χ0) is 9.97. The molecular weight excluding hydrogens is 174 g/mol. The molecule has 0 spiro atoms. The Bertz CT molecular complexity index is 390. The highest BCUT2D eigenvalue weighted by molar-refractivity contribution is 5.79. The third kappa shape index (κ3) is 1.51. The number of hydrogen-bond acceptors (Lipinski definition) is 2. The van der Waals surface area contributed by atoms with Crippen LogP contribution in [0, 0.1) is 0 Å². The van der Waals surface area contributed by atoms with Crippen LogP contribution in [0.4, 0.5) is 0 Å². The van der Waals surface area contributed by atoms with Crippen molar-refractivity contribution in [3.63, 3.8) is 0 Å². The molecule has 0 saturated carbocycles. The number of rotatable bonds is 1. The first-order chi connectivity index (χ1) is 6.79. The van der Waals surface area contributed by atoms with E-state index < -0.39 is 0 Å². The summed E-state index contributed by atoms with van der Waals surface area (Å²) in [6.45, 7) is 0. The van der Waals surface area contributed by atoms with Crippen LogP contribution in [-0.4, -0.2) is 5.11 Å². The summed E-state index contributed by atoms with van der Waals surface area (Å²) in [4.78, 5) is 0. The first-order valence-electron chi connectivity index (χ1n) is 4.72. The normalized spacial score (nSPS) is 16.7. The number of aliphatic hydroxyl groups excluding tert-OH is 1. The molecule has 0 aliphatic heterocycles. The topological polar surface area (TPSA) is 46.2 Å². The first kappa shape index (κ1) is 8.88. The van der Waals surface area contributed by atoms with Crippen molar-refractivity contribution in [3.8, 4) is 0 Å². The zero-order valence-electron chi connectivity index (χ0n) is 7.90. The van der Waals surface area contributed by atoms with E-state index in [0.717, 1.165) is 29.7 Å². The highest BCUT2D eigenvalue weighted by Crippen LogP contribution is 2.28. The molecule has 3 N–H and O–H groups in total. The van der Waals surface area contributed by atoms with Crippen LogP contribution in [0.5, 0.6) is 0 Å². The fourth-order valence-electron chi connectivity index (χ4n) is 1.69. The number of hydrogen-bond donors (Lipinski definition) is 2. The van der Waals surface area contributed by atoms with Gasteiger partial charge in [-0.25, -0.2) is 0 Å². The summed E-state index contributed by atoms with van der Waals surface area (Å²) in [6.07, 6.45) is 3.47. The average Bonchev–Trinajstić information content (AvgIpc) is 2.19. The predicted molar refractivity (Wildman–Crippen MR) is 57.5 cm³/mol. The molecule has 0 fully saturated rings. The predicted octanol–water partition coefficient (Wildman–Crippen LogP) is 2.59. The van der Waals surface area contributed by atoms with Crippen molar-refractivity contribution in [3.05, 3.63) is 53.4 Å². The van der Waals surface area contributed by atoms with Crippen molar-refractivity contribution < 1.29 is 5.11 Å². The van der Waals surface area contributed by atoms with E-state index in [1.807, 2.05) is 36.4 Å². The van der Waals surface area contributed by atoms with Gasteiger partial charge >= 0.3 is 0 Å². The molecule has 0 aromatic heterocycles. The monoisotopic (exact) mass is 187 g/mol.